The van der Waals surface area contributed by atoms with Crippen LogP contribution in [0.5, 0.6) is 0 Å². The maximum atomic E-state index is 6.40. The van der Waals surface area contributed by atoms with Crippen LogP contribution in [-0.2, 0) is 4.74 Å². The molecule has 114 valence electrons. The maximum absolute atomic E-state index is 6.40. The Hall–Kier alpha value is -0.360. The van der Waals surface area contributed by atoms with E-state index in [1.165, 1.54) is 42.1 Å². The SMILES string of the molecule is Ic1ccc(NCCOC23CC4CC(CC(C4)C2)C3)nc1. The first kappa shape index (κ1) is 14.2. The number of anilines is 1. The predicted octanol–water partition coefficient (Wildman–Crippen LogP) is 4.08. The summed E-state index contributed by atoms with van der Waals surface area (Å²) in [5.41, 5.74) is 0.232. The zero-order valence-corrected chi connectivity index (χ0v) is 14.5. The number of pyridine rings is 1. The van der Waals surface area contributed by atoms with Crippen molar-refractivity contribution in [3.05, 3.63) is 21.9 Å². The van der Waals surface area contributed by atoms with Crippen molar-refractivity contribution in [3.8, 4) is 0 Å². The van der Waals surface area contributed by atoms with Crippen molar-refractivity contribution < 1.29 is 4.74 Å². The van der Waals surface area contributed by atoms with E-state index < -0.39 is 0 Å². The molecule has 1 heterocycles. The van der Waals surface area contributed by atoms with E-state index >= 15 is 0 Å². The minimum atomic E-state index is 0.232. The van der Waals surface area contributed by atoms with Crippen molar-refractivity contribution in [2.75, 3.05) is 18.5 Å². The van der Waals surface area contributed by atoms with E-state index in [2.05, 4.69) is 39.0 Å². The summed E-state index contributed by atoms with van der Waals surface area (Å²) in [5, 5.41) is 3.36. The topological polar surface area (TPSA) is 34.1 Å². The van der Waals surface area contributed by atoms with Gasteiger partial charge in [-0.15, -0.1) is 0 Å². The standard InChI is InChI=1S/C17H23IN2O/c18-15-1-2-16(20-11-15)19-3-4-21-17-8-12-5-13(9-17)7-14(6-12)10-17/h1-2,11-14H,3-10H2,(H,19,20). The number of rotatable bonds is 5. The van der Waals surface area contributed by atoms with Crippen molar-refractivity contribution >= 4 is 28.4 Å². The van der Waals surface area contributed by atoms with Crippen LogP contribution in [0.2, 0.25) is 0 Å². The summed E-state index contributed by atoms with van der Waals surface area (Å²) in [6.45, 7) is 1.66. The quantitative estimate of drug-likeness (QED) is 0.600. The highest BCUT2D eigenvalue weighted by atomic mass is 127. The number of aromatic nitrogens is 1. The first-order chi connectivity index (χ1) is 10.2. The molecule has 4 aliphatic carbocycles. The molecule has 5 rings (SSSR count). The summed E-state index contributed by atoms with van der Waals surface area (Å²) in [6, 6.07) is 4.11. The van der Waals surface area contributed by atoms with E-state index in [4.69, 9.17) is 4.74 Å². The van der Waals surface area contributed by atoms with Crippen LogP contribution in [0.4, 0.5) is 5.82 Å². The summed E-state index contributed by atoms with van der Waals surface area (Å²) in [4.78, 5) is 4.37. The Morgan fingerprint density at radius 2 is 1.81 bits per heavy atom. The van der Waals surface area contributed by atoms with Gasteiger partial charge in [-0.2, -0.15) is 0 Å². The number of nitrogens with one attached hydrogen (secondary N) is 1. The average Bonchev–Trinajstić information content (AvgIpc) is 2.44. The summed E-state index contributed by atoms with van der Waals surface area (Å²) in [5.74, 6) is 3.83. The van der Waals surface area contributed by atoms with Crippen LogP contribution >= 0.6 is 22.6 Å². The van der Waals surface area contributed by atoms with Gasteiger partial charge in [0.1, 0.15) is 5.82 Å². The van der Waals surface area contributed by atoms with Crippen molar-refractivity contribution in [2.24, 2.45) is 17.8 Å². The molecule has 21 heavy (non-hydrogen) atoms. The third-order valence-corrected chi connectivity index (χ3v) is 6.16. The molecule has 1 aromatic heterocycles. The number of hydrogen-bond acceptors (Lipinski definition) is 3. The fraction of sp³-hybridized carbons (Fsp3) is 0.706. The van der Waals surface area contributed by atoms with E-state index in [0.717, 1.165) is 36.7 Å². The highest BCUT2D eigenvalue weighted by Crippen LogP contribution is 2.57. The Balaban J connectivity index is 1.28. The van der Waals surface area contributed by atoms with Crippen molar-refractivity contribution in [3.63, 3.8) is 0 Å². The van der Waals surface area contributed by atoms with Gasteiger partial charge in [0.2, 0.25) is 0 Å². The summed E-state index contributed by atoms with van der Waals surface area (Å²) < 4.78 is 7.57. The largest absolute Gasteiger partial charge is 0.373 e. The molecule has 0 spiro atoms. The van der Waals surface area contributed by atoms with Crippen LogP contribution in [0.15, 0.2) is 18.3 Å². The second kappa shape index (κ2) is 5.69. The van der Waals surface area contributed by atoms with E-state index in [1.807, 2.05) is 12.3 Å². The lowest BCUT2D eigenvalue weighted by Gasteiger charge is -2.56. The van der Waals surface area contributed by atoms with Crippen LogP contribution < -0.4 is 5.32 Å². The van der Waals surface area contributed by atoms with Crippen molar-refractivity contribution in [2.45, 2.75) is 44.1 Å². The Bertz CT molecular complexity index is 467. The van der Waals surface area contributed by atoms with E-state index in [0.29, 0.717) is 0 Å². The van der Waals surface area contributed by atoms with Gasteiger partial charge in [-0.05, 0) is 91.0 Å². The maximum Gasteiger partial charge on any atom is 0.126 e. The zero-order chi connectivity index (χ0) is 14.3. The first-order valence-corrected chi connectivity index (χ1v) is 9.28. The third kappa shape index (κ3) is 3.07. The Morgan fingerprint density at radius 1 is 1.14 bits per heavy atom. The minimum absolute atomic E-state index is 0.232. The number of hydrogen-bond donors (Lipinski definition) is 1. The molecular weight excluding hydrogens is 375 g/mol. The highest BCUT2D eigenvalue weighted by molar-refractivity contribution is 14.1. The van der Waals surface area contributed by atoms with Crippen LogP contribution in [0.1, 0.15) is 38.5 Å². The van der Waals surface area contributed by atoms with Gasteiger partial charge in [0, 0.05) is 16.3 Å². The molecule has 0 saturated heterocycles. The van der Waals surface area contributed by atoms with Crippen LogP contribution in [0.25, 0.3) is 0 Å². The summed E-state index contributed by atoms with van der Waals surface area (Å²) in [6.07, 6.45) is 10.3. The van der Waals surface area contributed by atoms with Gasteiger partial charge < -0.3 is 10.1 Å². The second-order valence-electron chi connectivity index (χ2n) is 7.24. The second-order valence-corrected chi connectivity index (χ2v) is 8.48. The molecule has 4 fully saturated rings. The lowest BCUT2D eigenvalue weighted by atomic mass is 9.54. The highest BCUT2D eigenvalue weighted by Gasteiger charge is 2.51. The molecule has 0 aliphatic heterocycles. The molecule has 4 aliphatic rings. The van der Waals surface area contributed by atoms with E-state index in [1.54, 1.807) is 0 Å². The molecule has 3 nitrogen and oxygen atoms in total. The molecule has 4 heteroatoms. The Kier molecular flexibility index (Phi) is 3.86. The van der Waals surface area contributed by atoms with Gasteiger partial charge in [-0.25, -0.2) is 4.98 Å². The molecule has 1 N–H and O–H groups in total. The number of ether oxygens (including phenoxy) is 1. The van der Waals surface area contributed by atoms with Crippen molar-refractivity contribution in [1.82, 2.24) is 4.98 Å². The van der Waals surface area contributed by atoms with Gasteiger partial charge in [0.15, 0.2) is 0 Å². The van der Waals surface area contributed by atoms with Gasteiger partial charge in [0.25, 0.3) is 0 Å². The minimum Gasteiger partial charge on any atom is -0.373 e. The van der Waals surface area contributed by atoms with Gasteiger partial charge >= 0.3 is 0 Å². The van der Waals surface area contributed by atoms with Crippen molar-refractivity contribution in [1.29, 1.82) is 0 Å². The number of nitrogens with zero attached hydrogens (tertiary/aromatic N) is 1. The van der Waals surface area contributed by atoms with Gasteiger partial charge in [-0.3, -0.25) is 0 Å². The van der Waals surface area contributed by atoms with Gasteiger partial charge in [-0.1, -0.05) is 0 Å². The molecule has 4 saturated carbocycles. The first-order valence-electron chi connectivity index (χ1n) is 8.20. The normalized spacial score (nSPS) is 36.9. The Labute approximate surface area is 140 Å². The van der Waals surface area contributed by atoms with E-state index in [-0.39, 0.29) is 5.60 Å². The summed E-state index contributed by atoms with van der Waals surface area (Å²) >= 11 is 2.28. The molecule has 0 unspecified atom stereocenters. The van der Waals surface area contributed by atoms with Crippen LogP contribution in [0, 0.1) is 21.3 Å². The molecule has 0 aromatic carbocycles. The smallest absolute Gasteiger partial charge is 0.126 e. The van der Waals surface area contributed by atoms with Crippen LogP contribution in [-0.4, -0.2) is 23.7 Å². The lowest BCUT2D eigenvalue weighted by molar-refractivity contribution is -0.159. The molecule has 0 amide bonds. The fourth-order valence-electron chi connectivity index (χ4n) is 5.13. The molecule has 4 bridgehead atoms. The van der Waals surface area contributed by atoms with E-state index in [9.17, 15) is 0 Å². The van der Waals surface area contributed by atoms with Gasteiger partial charge in [0.05, 0.1) is 12.2 Å². The molecule has 1 aromatic rings. The molecule has 0 radical (unpaired) electrons. The molecule has 0 atom stereocenters. The molecular formula is C17H23IN2O. The Morgan fingerprint density at radius 3 is 2.38 bits per heavy atom. The van der Waals surface area contributed by atoms with Crippen LogP contribution in [0.3, 0.4) is 0 Å². The third-order valence-electron chi connectivity index (χ3n) is 5.53. The predicted molar refractivity (Wildman–Crippen MR) is 92.3 cm³/mol. The number of halogens is 1. The lowest BCUT2D eigenvalue weighted by Crippen LogP contribution is -2.52. The monoisotopic (exact) mass is 398 g/mol. The zero-order valence-electron chi connectivity index (χ0n) is 12.4. The average molecular weight is 398 g/mol. The fourth-order valence-corrected chi connectivity index (χ4v) is 5.45. The summed E-state index contributed by atoms with van der Waals surface area (Å²) in [7, 11) is 0.